The van der Waals surface area contributed by atoms with E-state index in [1.807, 2.05) is 0 Å². The van der Waals surface area contributed by atoms with Gasteiger partial charge in [-0.25, -0.2) is 9.78 Å². The van der Waals surface area contributed by atoms with E-state index in [2.05, 4.69) is 4.98 Å². The molecule has 4 nitrogen and oxygen atoms in total. The average molecular weight is 234 g/mol. The number of rotatable bonds is 4. The van der Waals surface area contributed by atoms with Crippen LogP contribution in [0.15, 0.2) is 17.2 Å². The van der Waals surface area contributed by atoms with Crippen LogP contribution in [-0.4, -0.2) is 33.5 Å². The zero-order valence-corrected chi connectivity index (χ0v) is 8.68. The van der Waals surface area contributed by atoms with E-state index < -0.39 is 5.97 Å². The summed E-state index contributed by atoms with van der Waals surface area (Å²) in [5, 5.41) is 17.9. The third-order valence-electron chi connectivity index (χ3n) is 1.36. The van der Waals surface area contributed by atoms with Gasteiger partial charge in [0.2, 0.25) is 0 Å². The molecule has 0 bridgehead atoms. The Hall–Kier alpha value is -0.780. The maximum Gasteiger partial charge on any atom is 0.356 e. The van der Waals surface area contributed by atoms with Crippen molar-refractivity contribution in [2.45, 2.75) is 5.03 Å². The Bertz CT molecular complexity index is 345. The van der Waals surface area contributed by atoms with Crippen molar-refractivity contribution in [2.75, 3.05) is 12.4 Å². The quantitative estimate of drug-likeness (QED) is 0.772. The van der Waals surface area contributed by atoms with Gasteiger partial charge in [-0.05, 0) is 12.1 Å². The topological polar surface area (TPSA) is 70.4 Å². The number of aromatic nitrogens is 1. The van der Waals surface area contributed by atoms with Crippen molar-refractivity contribution in [3.8, 4) is 0 Å². The molecule has 0 unspecified atom stereocenters. The van der Waals surface area contributed by atoms with Crippen molar-refractivity contribution in [3.63, 3.8) is 0 Å². The van der Waals surface area contributed by atoms with Gasteiger partial charge in [0.25, 0.3) is 0 Å². The van der Waals surface area contributed by atoms with Gasteiger partial charge in [-0.1, -0.05) is 11.6 Å². The Balaban J connectivity index is 2.89. The first-order chi connectivity index (χ1) is 6.65. The van der Waals surface area contributed by atoms with Gasteiger partial charge in [-0.3, -0.25) is 0 Å². The highest BCUT2D eigenvalue weighted by Crippen LogP contribution is 2.20. The first-order valence-corrected chi connectivity index (χ1v) is 5.15. The molecule has 0 aliphatic rings. The summed E-state index contributed by atoms with van der Waals surface area (Å²) < 4.78 is 0. The number of aliphatic hydroxyl groups excluding tert-OH is 1. The fraction of sp³-hybridized carbons (Fsp3) is 0.250. The van der Waals surface area contributed by atoms with Crippen LogP contribution in [0.4, 0.5) is 0 Å². The summed E-state index contributed by atoms with van der Waals surface area (Å²) in [5.74, 6) is -0.672. The zero-order chi connectivity index (χ0) is 10.6. The van der Waals surface area contributed by atoms with Crippen molar-refractivity contribution in [2.24, 2.45) is 0 Å². The molecular formula is C8H8ClNO3S. The lowest BCUT2D eigenvalue weighted by atomic mass is 10.3. The minimum absolute atomic E-state index is 0.0252. The van der Waals surface area contributed by atoms with Crippen molar-refractivity contribution in [3.05, 3.63) is 22.8 Å². The Morgan fingerprint density at radius 1 is 1.57 bits per heavy atom. The standard InChI is InChI=1S/C8H8ClNO3S/c9-5-1-2-6(14-4-3-11)10-7(5)8(12)13/h1-2,11H,3-4H2,(H,12,13). The van der Waals surface area contributed by atoms with Gasteiger partial charge in [0.1, 0.15) is 0 Å². The number of carbonyl (C=O) groups is 1. The molecule has 1 rings (SSSR count). The van der Waals surface area contributed by atoms with Crippen molar-refractivity contribution in [1.29, 1.82) is 0 Å². The SMILES string of the molecule is O=C(O)c1nc(SCCO)ccc1Cl. The van der Waals surface area contributed by atoms with Gasteiger partial charge in [0.15, 0.2) is 5.69 Å². The van der Waals surface area contributed by atoms with E-state index in [-0.39, 0.29) is 17.3 Å². The number of pyridine rings is 1. The molecule has 0 amide bonds. The van der Waals surface area contributed by atoms with E-state index in [1.165, 1.54) is 17.8 Å². The molecule has 0 fully saturated rings. The van der Waals surface area contributed by atoms with Crippen LogP contribution >= 0.6 is 23.4 Å². The zero-order valence-electron chi connectivity index (χ0n) is 7.11. The minimum Gasteiger partial charge on any atom is -0.476 e. The first kappa shape index (κ1) is 11.3. The molecule has 76 valence electrons. The number of thioether (sulfide) groups is 1. The maximum absolute atomic E-state index is 10.6. The number of aromatic carboxylic acids is 1. The Labute approximate surface area is 89.9 Å². The van der Waals surface area contributed by atoms with Gasteiger partial charge in [0.05, 0.1) is 16.7 Å². The second-order valence-corrected chi connectivity index (χ2v) is 3.88. The number of aliphatic hydroxyl groups is 1. The molecule has 0 saturated heterocycles. The Morgan fingerprint density at radius 2 is 2.29 bits per heavy atom. The fourth-order valence-corrected chi connectivity index (χ4v) is 1.61. The average Bonchev–Trinajstić information content (AvgIpc) is 2.16. The minimum atomic E-state index is -1.15. The van der Waals surface area contributed by atoms with Crippen LogP contribution < -0.4 is 0 Å². The molecule has 0 aliphatic heterocycles. The number of hydrogen-bond acceptors (Lipinski definition) is 4. The van der Waals surface area contributed by atoms with Crippen molar-refractivity contribution in [1.82, 2.24) is 4.98 Å². The van der Waals surface area contributed by atoms with E-state index in [0.29, 0.717) is 10.8 Å². The number of carboxylic acid groups (broad SMARTS) is 1. The molecule has 14 heavy (non-hydrogen) atoms. The van der Waals surface area contributed by atoms with Crippen LogP contribution in [-0.2, 0) is 0 Å². The summed E-state index contributed by atoms with van der Waals surface area (Å²) >= 11 is 6.90. The van der Waals surface area contributed by atoms with E-state index in [9.17, 15) is 4.79 Å². The number of nitrogens with zero attached hydrogens (tertiary/aromatic N) is 1. The summed E-state index contributed by atoms with van der Waals surface area (Å²) in [6.07, 6.45) is 0. The third-order valence-corrected chi connectivity index (χ3v) is 2.58. The molecule has 2 N–H and O–H groups in total. The molecule has 0 atom stereocenters. The number of halogens is 1. The van der Waals surface area contributed by atoms with E-state index in [1.54, 1.807) is 6.07 Å². The van der Waals surface area contributed by atoms with E-state index in [4.69, 9.17) is 21.8 Å². The largest absolute Gasteiger partial charge is 0.476 e. The first-order valence-electron chi connectivity index (χ1n) is 3.78. The van der Waals surface area contributed by atoms with Crippen LogP contribution in [0.2, 0.25) is 5.02 Å². The van der Waals surface area contributed by atoms with E-state index in [0.717, 1.165) is 0 Å². The highest BCUT2D eigenvalue weighted by atomic mass is 35.5. The van der Waals surface area contributed by atoms with Gasteiger partial charge < -0.3 is 10.2 Å². The predicted octanol–water partition coefficient (Wildman–Crippen LogP) is 1.52. The second kappa shape index (κ2) is 5.19. The van der Waals surface area contributed by atoms with Crippen LogP contribution in [0, 0.1) is 0 Å². The van der Waals surface area contributed by atoms with Crippen molar-refractivity contribution >= 4 is 29.3 Å². The van der Waals surface area contributed by atoms with Gasteiger partial charge in [0, 0.05) is 5.75 Å². The fourth-order valence-electron chi connectivity index (χ4n) is 0.805. The molecule has 6 heteroatoms. The van der Waals surface area contributed by atoms with Crippen LogP contribution in [0.25, 0.3) is 0 Å². The number of carboxylic acids is 1. The second-order valence-electron chi connectivity index (χ2n) is 2.36. The Morgan fingerprint density at radius 3 is 2.86 bits per heavy atom. The lowest BCUT2D eigenvalue weighted by Gasteiger charge is -2.01. The third kappa shape index (κ3) is 2.87. The molecule has 0 spiro atoms. The molecule has 1 aromatic rings. The summed E-state index contributed by atoms with van der Waals surface area (Å²) in [4.78, 5) is 14.5. The van der Waals surface area contributed by atoms with Crippen molar-refractivity contribution < 1.29 is 15.0 Å². The van der Waals surface area contributed by atoms with Gasteiger partial charge in [-0.15, -0.1) is 11.8 Å². The molecule has 0 aliphatic carbocycles. The molecule has 0 aromatic carbocycles. The Kier molecular flexibility index (Phi) is 4.19. The number of hydrogen-bond donors (Lipinski definition) is 2. The predicted molar refractivity (Wildman–Crippen MR) is 54.0 cm³/mol. The van der Waals surface area contributed by atoms with Gasteiger partial charge >= 0.3 is 5.97 Å². The lowest BCUT2D eigenvalue weighted by Crippen LogP contribution is -2.02. The molecule has 1 aromatic heterocycles. The molecule has 0 saturated carbocycles. The summed E-state index contributed by atoms with van der Waals surface area (Å²) in [5.41, 5.74) is -0.158. The van der Waals surface area contributed by atoms with Crippen LogP contribution in [0.5, 0.6) is 0 Å². The van der Waals surface area contributed by atoms with E-state index >= 15 is 0 Å². The maximum atomic E-state index is 10.6. The smallest absolute Gasteiger partial charge is 0.356 e. The van der Waals surface area contributed by atoms with Crippen LogP contribution in [0.3, 0.4) is 0 Å². The highest BCUT2D eigenvalue weighted by molar-refractivity contribution is 7.99. The van der Waals surface area contributed by atoms with Crippen LogP contribution in [0.1, 0.15) is 10.5 Å². The summed E-state index contributed by atoms with van der Waals surface area (Å²) in [6, 6.07) is 3.10. The lowest BCUT2D eigenvalue weighted by molar-refractivity contribution is 0.0690. The normalized spacial score (nSPS) is 10.1. The molecular weight excluding hydrogens is 226 g/mol. The van der Waals surface area contributed by atoms with Gasteiger partial charge in [-0.2, -0.15) is 0 Å². The highest BCUT2D eigenvalue weighted by Gasteiger charge is 2.11. The summed E-state index contributed by atoms with van der Waals surface area (Å²) in [6.45, 7) is 0.0252. The monoisotopic (exact) mass is 233 g/mol. The molecule has 1 heterocycles. The molecule has 0 radical (unpaired) electrons. The summed E-state index contributed by atoms with van der Waals surface area (Å²) in [7, 11) is 0.